The summed E-state index contributed by atoms with van der Waals surface area (Å²) in [4.78, 5) is 23.5. The zero-order valence-electron chi connectivity index (χ0n) is 14.9. The first-order chi connectivity index (χ1) is 13.5. The predicted octanol–water partition coefficient (Wildman–Crippen LogP) is 5.40. The average Bonchev–Trinajstić information content (AvgIpc) is 2.67. The summed E-state index contributed by atoms with van der Waals surface area (Å²) in [5.41, 5.74) is 1.12. The molecule has 0 bridgehead atoms. The number of aryl methyl sites for hydroxylation is 1. The first-order valence-electron chi connectivity index (χ1n) is 8.66. The van der Waals surface area contributed by atoms with Crippen LogP contribution in [0.15, 0.2) is 72.8 Å². The standard InChI is InChI=1S/C22H18ClNO4/c23-16-10-11-19(22(26)27)20(14-16)24-21(25)12-9-15-5-4-8-18(13-15)28-17-6-2-1-3-7-17/h1-8,10-11,13-14H,9,12H2,(H,24,25)(H,26,27). The third-order valence-corrected chi connectivity index (χ3v) is 4.24. The third kappa shape index (κ3) is 5.34. The summed E-state index contributed by atoms with van der Waals surface area (Å²) in [5, 5.41) is 12.2. The van der Waals surface area contributed by atoms with Crippen molar-refractivity contribution in [3.63, 3.8) is 0 Å². The van der Waals surface area contributed by atoms with Gasteiger partial charge in [-0.15, -0.1) is 0 Å². The number of nitrogens with one attached hydrogen (secondary N) is 1. The summed E-state index contributed by atoms with van der Waals surface area (Å²) in [6.07, 6.45) is 0.682. The smallest absolute Gasteiger partial charge is 0.337 e. The Labute approximate surface area is 167 Å². The van der Waals surface area contributed by atoms with Crippen molar-refractivity contribution in [1.29, 1.82) is 0 Å². The number of carboxylic acids is 1. The van der Waals surface area contributed by atoms with Crippen molar-refractivity contribution in [2.75, 3.05) is 5.32 Å². The van der Waals surface area contributed by atoms with Crippen LogP contribution < -0.4 is 10.1 Å². The van der Waals surface area contributed by atoms with Gasteiger partial charge in [-0.05, 0) is 54.4 Å². The SMILES string of the molecule is O=C(CCc1cccc(Oc2ccccc2)c1)Nc1cc(Cl)ccc1C(=O)O. The Hall–Kier alpha value is -3.31. The van der Waals surface area contributed by atoms with Gasteiger partial charge < -0.3 is 15.2 Å². The lowest BCUT2D eigenvalue weighted by Crippen LogP contribution is -2.15. The summed E-state index contributed by atoms with van der Waals surface area (Å²) in [6, 6.07) is 21.2. The highest BCUT2D eigenvalue weighted by Gasteiger charge is 2.13. The molecule has 0 fully saturated rings. The fourth-order valence-electron chi connectivity index (χ4n) is 2.67. The van der Waals surface area contributed by atoms with Gasteiger partial charge >= 0.3 is 5.97 Å². The van der Waals surface area contributed by atoms with Crippen LogP contribution in [0.3, 0.4) is 0 Å². The van der Waals surface area contributed by atoms with Crippen LogP contribution >= 0.6 is 11.6 Å². The molecule has 2 N–H and O–H groups in total. The molecule has 1 amide bonds. The topological polar surface area (TPSA) is 75.6 Å². The number of hydrogen-bond donors (Lipinski definition) is 2. The molecule has 0 saturated carbocycles. The van der Waals surface area contributed by atoms with E-state index < -0.39 is 5.97 Å². The monoisotopic (exact) mass is 395 g/mol. The molecule has 0 aliphatic heterocycles. The molecule has 0 aliphatic carbocycles. The molecule has 0 radical (unpaired) electrons. The molecule has 6 heteroatoms. The minimum absolute atomic E-state index is 0.00370. The summed E-state index contributed by atoms with van der Waals surface area (Å²) in [5.74, 6) is 0.00328. The van der Waals surface area contributed by atoms with E-state index >= 15 is 0 Å². The van der Waals surface area contributed by atoms with Crippen LogP contribution in [-0.2, 0) is 11.2 Å². The molecule has 0 heterocycles. The Morgan fingerprint density at radius 1 is 0.929 bits per heavy atom. The van der Waals surface area contributed by atoms with Crippen molar-refractivity contribution in [1.82, 2.24) is 0 Å². The quantitative estimate of drug-likeness (QED) is 0.561. The number of amides is 1. The van der Waals surface area contributed by atoms with E-state index in [1.807, 2.05) is 54.6 Å². The average molecular weight is 396 g/mol. The minimum Gasteiger partial charge on any atom is -0.478 e. The van der Waals surface area contributed by atoms with E-state index in [9.17, 15) is 14.7 Å². The van der Waals surface area contributed by atoms with Gasteiger partial charge in [-0.2, -0.15) is 0 Å². The van der Waals surface area contributed by atoms with Crippen LogP contribution in [0.2, 0.25) is 5.02 Å². The number of halogens is 1. The van der Waals surface area contributed by atoms with E-state index in [0.29, 0.717) is 17.2 Å². The van der Waals surface area contributed by atoms with Gasteiger partial charge in [0.2, 0.25) is 5.91 Å². The molecule has 3 rings (SSSR count). The lowest BCUT2D eigenvalue weighted by atomic mass is 10.1. The van der Waals surface area contributed by atoms with E-state index in [1.54, 1.807) is 0 Å². The first kappa shape index (κ1) is 19.5. The number of rotatable bonds is 7. The number of anilines is 1. The van der Waals surface area contributed by atoms with Gasteiger partial charge in [0.15, 0.2) is 0 Å². The maximum atomic E-state index is 12.3. The normalized spacial score (nSPS) is 10.3. The van der Waals surface area contributed by atoms with Gasteiger partial charge in [0.05, 0.1) is 11.3 Å². The van der Waals surface area contributed by atoms with Gasteiger partial charge in [0, 0.05) is 11.4 Å². The Balaban J connectivity index is 1.62. The van der Waals surface area contributed by atoms with Crippen LogP contribution in [0.5, 0.6) is 11.5 Å². The van der Waals surface area contributed by atoms with Gasteiger partial charge in [0.1, 0.15) is 11.5 Å². The summed E-state index contributed by atoms with van der Waals surface area (Å²) < 4.78 is 5.80. The predicted molar refractivity (Wildman–Crippen MR) is 108 cm³/mol. The number of carbonyl (C=O) groups excluding carboxylic acids is 1. The molecule has 0 spiro atoms. The molecule has 0 aromatic heterocycles. The summed E-state index contributed by atoms with van der Waals surface area (Å²) >= 11 is 5.90. The largest absolute Gasteiger partial charge is 0.478 e. The second-order valence-electron chi connectivity index (χ2n) is 6.11. The Morgan fingerprint density at radius 3 is 2.43 bits per heavy atom. The van der Waals surface area contributed by atoms with Crippen LogP contribution in [0, 0.1) is 0 Å². The summed E-state index contributed by atoms with van der Waals surface area (Å²) in [6.45, 7) is 0. The highest BCUT2D eigenvalue weighted by atomic mass is 35.5. The molecule has 0 atom stereocenters. The van der Waals surface area contributed by atoms with Gasteiger partial charge in [-0.3, -0.25) is 4.79 Å². The van der Waals surface area contributed by atoms with Crippen molar-refractivity contribution in [2.24, 2.45) is 0 Å². The van der Waals surface area contributed by atoms with Crippen LogP contribution in [-0.4, -0.2) is 17.0 Å². The zero-order chi connectivity index (χ0) is 19.9. The Kier molecular flexibility index (Phi) is 6.29. The van der Waals surface area contributed by atoms with Crippen molar-refractivity contribution in [2.45, 2.75) is 12.8 Å². The molecule has 0 unspecified atom stereocenters. The number of aromatic carboxylic acids is 1. The lowest BCUT2D eigenvalue weighted by Gasteiger charge is -2.10. The number of carboxylic acid groups (broad SMARTS) is 1. The van der Waals surface area contributed by atoms with Crippen molar-refractivity contribution in [3.8, 4) is 11.5 Å². The fourth-order valence-corrected chi connectivity index (χ4v) is 2.84. The molecular weight excluding hydrogens is 378 g/mol. The van der Waals surface area contributed by atoms with Crippen molar-refractivity contribution in [3.05, 3.63) is 88.9 Å². The van der Waals surface area contributed by atoms with E-state index in [2.05, 4.69) is 5.32 Å². The van der Waals surface area contributed by atoms with Crippen LogP contribution in [0.4, 0.5) is 5.69 Å². The van der Waals surface area contributed by atoms with E-state index in [-0.39, 0.29) is 23.6 Å². The van der Waals surface area contributed by atoms with E-state index in [1.165, 1.54) is 18.2 Å². The Bertz CT molecular complexity index is 989. The van der Waals surface area contributed by atoms with Crippen molar-refractivity contribution < 1.29 is 19.4 Å². The molecule has 28 heavy (non-hydrogen) atoms. The summed E-state index contributed by atoms with van der Waals surface area (Å²) in [7, 11) is 0. The maximum Gasteiger partial charge on any atom is 0.337 e. The highest BCUT2D eigenvalue weighted by Crippen LogP contribution is 2.23. The van der Waals surface area contributed by atoms with Gasteiger partial charge in [0.25, 0.3) is 0 Å². The van der Waals surface area contributed by atoms with Crippen LogP contribution in [0.1, 0.15) is 22.3 Å². The van der Waals surface area contributed by atoms with Crippen molar-refractivity contribution >= 4 is 29.2 Å². The molecule has 0 aliphatic rings. The Morgan fingerprint density at radius 2 is 1.68 bits per heavy atom. The molecule has 0 saturated heterocycles. The van der Waals surface area contributed by atoms with Gasteiger partial charge in [-0.25, -0.2) is 4.79 Å². The molecular formula is C22H18ClNO4. The van der Waals surface area contributed by atoms with Gasteiger partial charge in [-0.1, -0.05) is 41.9 Å². The number of benzene rings is 3. The van der Waals surface area contributed by atoms with Crippen LogP contribution in [0.25, 0.3) is 0 Å². The molecule has 3 aromatic rings. The molecule has 142 valence electrons. The number of ether oxygens (including phenoxy) is 1. The number of hydrogen-bond acceptors (Lipinski definition) is 3. The fraction of sp³-hybridized carbons (Fsp3) is 0.0909. The second-order valence-corrected chi connectivity index (χ2v) is 6.54. The highest BCUT2D eigenvalue weighted by molar-refractivity contribution is 6.31. The first-order valence-corrected chi connectivity index (χ1v) is 9.03. The molecule has 3 aromatic carbocycles. The lowest BCUT2D eigenvalue weighted by molar-refractivity contribution is -0.116. The second kappa shape index (κ2) is 9.06. The molecule has 5 nitrogen and oxygen atoms in total. The minimum atomic E-state index is -1.13. The number of para-hydroxylation sites is 1. The van der Waals surface area contributed by atoms with E-state index in [4.69, 9.17) is 16.3 Å². The van der Waals surface area contributed by atoms with E-state index in [0.717, 1.165) is 11.3 Å². The third-order valence-electron chi connectivity index (χ3n) is 4.00. The number of carbonyl (C=O) groups is 2. The maximum absolute atomic E-state index is 12.3. The zero-order valence-corrected chi connectivity index (χ0v) is 15.6.